The van der Waals surface area contributed by atoms with Crippen molar-refractivity contribution in [1.82, 2.24) is 4.90 Å². The molecule has 2 aliphatic heterocycles. The largest absolute Gasteiger partial charge is 0.486 e. The van der Waals surface area contributed by atoms with Crippen LogP contribution < -0.4 is 9.47 Å². The molecule has 1 saturated heterocycles. The molecule has 7 heteroatoms. The lowest BCUT2D eigenvalue weighted by molar-refractivity contribution is -0.142. The highest BCUT2D eigenvalue weighted by molar-refractivity contribution is 6.32. The first-order valence-electron chi connectivity index (χ1n) is 6.77. The molecule has 0 amide bonds. The minimum absolute atomic E-state index is 0.244. The van der Waals surface area contributed by atoms with Crippen LogP contribution in [0.25, 0.3) is 0 Å². The monoisotopic (exact) mass is 313 g/mol. The van der Waals surface area contributed by atoms with Crippen LogP contribution in [0.5, 0.6) is 11.5 Å². The fraction of sp³-hybridized carbons (Fsp3) is 0.500. The van der Waals surface area contributed by atoms with Crippen LogP contribution in [0.3, 0.4) is 0 Å². The van der Waals surface area contributed by atoms with Gasteiger partial charge >= 0.3 is 5.97 Å². The number of rotatable bonds is 3. The third-order valence-corrected chi connectivity index (χ3v) is 3.99. The van der Waals surface area contributed by atoms with Gasteiger partial charge in [-0.15, -0.1) is 0 Å². The lowest BCUT2D eigenvalue weighted by Gasteiger charge is -2.23. The number of fused-ring (bicyclic) bond motifs is 1. The highest BCUT2D eigenvalue weighted by Crippen LogP contribution is 2.39. The van der Waals surface area contributed by atoms with Crippen molar-refractivity contribution in [3.63, 3.8) is 0 Å². The summed E-state index contributed by atoms with van der Waals surface area (Å²) in [6.07, 6.45) is -0.369. The van der Waals surface area contributed by atoms with E-state index in [4.69, 9.17) is 21.1 Å². The van der Waals surface area contributed by atoms with E-state index in [0.29, 0.717) is 42.8 Å². The number of ether oxygens (including phenoxy) is 2. The van der Waals surface area contributed by atoms with Crippen LogP contribution in [0.2, 0.25) is 5.02 Å². The zero-order valence-electron chi connectivity index (χ0n) is 11.3. The summed E-state index contributed by atoms with van der Waals surface area (Å²) in [4.78, 5) is 13.0. The van der Waals surface area contributed by atoms with Crippen molar-refractivity contribution >= 4 is 17.6 Å². The highest BCUT2D eigenvalue weighted by Gasteiger charge is 2.36. The summed E-state index contributed by atoms with van der Waals surface area (Å²) < 4.78 is 11.0. The number of hydrogen-bond donors (Lipinski definition) is 2. The number of carboxylic acids is 1. The van der Waals surface area contributed by atoms with E-state index in [9.17, 15) is 15.0 Å². The first kappa shape index (κ1) is 14.4. The van der Waals surface area contributed by atoms with Crippen LogP contribution in [-0.2, 0) is 11.3 Å². The molecule has 2 aliphatic rings. The van der Waals surface area contributed by atoms with Gasteiger partial charge < -0.3 is 19.7 Å². The summed E-state index contributed by atoms with van der Waals surface area (Å²) in [7, 11) is 0. The van der Waals surface area contributed by atoms with Crippen LogP contribution in [0.15, 0.2) is 12.1 Å². The highest BCUT2D eigenvalue weighted by atomic mass is 35.5. The molecule has 2 N–H and O–H groups in total. The summed E-state index contributed by atoms with van der Waals surface area (Å²) >= 11 is 6.17. The standard InChI is InChI=1S/C14H16ClNO5/c15-10-3-8(4-12-13(10)21-2-1-20-12)6-16-7-9(17)5-11(16)14(18)19/h3-4,9,11,17H,1-2,5-7H2,(H,18,19). The van der Waals surface area contributed by atoms with E-state index in [-0.39, 0.29) is 6.42 Å². The number of carbonyl (C=O) groups is 1. The van der Waals surface area contributed by atoms with Crippen molar-refractivity contribution in [2.24, 2.45) is 0 Å². The maximum Gasteiger partial charge on any atom is 0.321 e. The van der Waals surface area contributed by atoms with E-state index in [1.165, 1.54) is 0 Å². The van der Waals surface area contributed by atoms with Crippen molar-refractivity contribution in [3.8, 4) is 11.5 Å². The van der Waals surface area contributed by atoms with Gasteiger partial charge in [0.05, 0.1) is 11.1 Å². The van der Waals surface area contributed by atoms with E-state index in [0.717, 1.165) is 5.56 Å². The third-order valence-electron chi connectivity index (χ3n) is 3.71. The zero-order chi connectivity index (χ0) is 15.0. The molecule has 0 spiro atoms. The van der Waals surface area contributed by atoms with E-state index >= 15 is 0 Å². The molecule has 0 bridgehead atoms. The average Bonchev–Trinajstić information content (AvgIpc) is 2.80. The van der Waals surface area contributed by atoms with Gasteiger partial charge in [-0.05, 0) is 17.7 Å². The predicted molar refractivity (Wildman–Crippen MR) is 74.9 cm³/mol. The van der Waals surface area contributed by atoms with Gasteiger partial charge in [-0.1, -0.05) is 11.6 Å². The summed E-state index contributed by atoms with van der Waals surface area (Å²) in [5, 5.41) is 19.3. The van der Waals surface area contributed by atoms with E-state index in [2.05, 4.69) is 0 Å². The van der Waals surface area contributed by atoms with Crippen LogP contribution in [0.1, 0.15) is 12.0 Å². The third kappa shape index (κ3) is 2.92. The van der Waals surface area contributed by atoms with Gasteiger partial charge in [-0.3, -0.25) is 9.69 Å². The Balaban J connectivity index is 1.81. The number of hydrogen-bond acceptors (Lipinski definition) is 5. The van der Waals surface area contributed by atoms with Gasteiger partial charge in [0.15, 0.2) is 11.5 Å². The van der Waals surface area contributed by atoms with Crippen molar-refractivity contribution < 1.29 is 24.5 Å². The Labute approximate surface area is 126 Å². The molecule has 1 aromatic rings. The van der Waals surface area contributed by atoms with Crippen LogP contribution in [0, 0.1) is 0 Å². The Morgan fingerprint density at radius 2 is 2.14 bits per heavy atom. The van der Waals surface area contributed by atoms with Gasteiger partial charge in [0.1, 0.15) is 19.3 Å². The lowest BCUT2D eigenvalue weighted by Crippen LogP contribution is -2.35. The summed E-state index contributed by atoms with van der Waals surface area (Å²) in [5.41, 5.74) is 0.838. The minimum atomic E-state index is -0.921. The molecule has 1 aromatic carbocycles. The van der Waals surface area contributed by atoms with Gasteiger partial charge in [-0.25, -0.2) is 0 Å². The number of nitrogens with zero attached hydrogens (tertiary/aromatic N) is 1. The lowest BCUT2D eigenvalue weighted by atomic mass is 10.1. The fourth-order valence-electron chi connectivity index (χ4n) is 2.80. The number of aliphatic hydroxyl groups excluding tert-OH is 1. The molecule has 3 rings (SSSR count). The molecule has 0 aliphatic carbocycles. The second kappa shape index (κ2) is 5.71. The molecule has 0 radical (unpaired) electrons. The normalized spacial score (nSPS) is 25.0. The molecule has 21 heavy (non-hydrogen) atoms. The Morgan fingerprint density at radius 3 is 2.90 bits per heavy atom. The Kier molecular flexibility index (Phi) is 3.93. The summed E-state index contributed by atoms with van der Waals surface area (Å²) in [6.45, 7) is 1.66. The first-order valence-corrected chi connectivity index (χ1v) is 7.15. The predicted octanol–water partition coefficient (Wildman–Crippen LogP) is 1.13. The molecule has 2 heterocycles. The SMILES string of the molecule is O=C(O)C1CC(O)CN1Cc1cc(Cl)c2c(c1)OCCO2. The van der Waals surface area contributed by atoms with Crippen molar-refractivity contribution in [2.45, 2.75) is 25.1 Å². The molecular formula is C14H16ClNO5. The van der Waals surface area contributed by atoms with Crippen molar-refractivity contribution in [2.75, 3.05) is 19.8 Å². The van der Waals surface area contributed by atoms with E-state index < -0.39 is 18.1 Å². The number of aliphatic carboxylic acids is 1. The second-order valence-electron chi connectivity index (χ2n) is 5.27. The van der Waals surface area contributed by atoms with Crippen molar-refractivity contribution in [3.05, 3.63) is 22.7 Å². The maximum absolute atomic E-state index is 11.2. The number of carboxylic acid groups (broad SMARTS) is 1. The Bertz CT molecular complexity index is 565. The Hall–Kier alpha value is -1.50. The zero-order valence-corrected chi connectivity index (χ0v) is 12.0. The van der Waals surface area contributed by atoms with Crippen LogP contribution >= 0.6 is 11.6 Å². The summed E-state index contributed by atoms with van der Waals surface area (Å²) in [5.74, 6) is 0.188. The first-order chi connectivity index (χ1) is 10.0. The fourth-order valence-corrected chi connectivity index (χ4v) is 3.09. The molecule has 2 atom stereocenters. The van der Waals surface area contributed by atoms with Gasteiger partial charge in [0, 0.05) is 19.5 Å². The van der Waals surface area contributed by atoms with Crippen LogP contribution in [-0.4, -0.2) is 53.0 Å². The Morgan fingerprint density at radius 1 is 1.38 bits per heavy atom. The number of β-amino-alcohol motifs (C(OH)–C–C–N with tert-alkyl or cyclic N) is 1. The number of benzene rings is 1. The molecule has 0 aromatic heterocycles. The van der Waals surface area contributed by atoms with Crippen LogP contribution in [0.4, 0.5) is 0 Å². The molecular weight excluding hydrogens is 298 g/mol. The molecule has 0 saturated carbocycles. The van der Waals surface area contributed by atoms with E-state index in [1.54, 1.807) is 11.0 Å². The molecule has 2 unspecified atom stereocenters. The topological polar surface area (TPSA) is 79.2 Å². The second-order valence-corrected chi connectivity index (χ2v) is 5.68. The number of aliphatic hydroxyl groups is 1. The average molecular weight is 314 g/mol. The van der Waals surface area contributed by atoms with Gasteiger partial charge in [0.25, 0.3) is 0 Å². The molecule has 6 nitrogen and oxygen atoms in total. The number of likely N-dealkylation sites (tertiary alicyclic amines) is 1. The summed E-state index contributed by atoms with van der Waals surface area (Å²) in [6, 6.07) is 2.88. The van der Waals surface area contributed by atoms with Crippen molar-refractivity contribution in [1.29, 1.82) is 0 Å². The molecule has 1 fully saturated rings. The van der Waals surface area contributed by atoms with E-state index in [1.807, 2.05) is 6.07 Å². The van der Waals surface area contributed by atoms with Gasteiger partial charge in [-0.2, -0.15) is 0 Å². The smallest absolute Gasteiger partial charge is 0.321 e. The minimum Gasteiger partial charge on any atom is -0.486 e. The molecule has 114 valence electrons. The van der Waals surface area contributed by atoms with Gasteiger partial charge in [0.2, 0.25) is 0 Å². The quantitative estimate of drug-likeness (QED) is 0.871. The maximum atomic E-state index is 11.2. The number of halogens is 1.